The van der Waals surface area contributed by atoms with Crippen LogP contribution in [0.3, 0.4) is 0 Å². The molecule has 0 radical (unpaired) electrons. The van der Waals surface area contributed by atoms with Crippen molar-refractivity contribution >= 4 is 22.5 Å². The number of fused-ring (bicyclic) bond motifs is 1. The lowest BCUT2D eigenvalue weighted by molar-refractivity contribution is -0.136. The molecular formula is C25H20F3N7O2. The maximum atomic E-state index is 13.9. The molecule has 2 N–H and O–H groups in total. The van der Waals surface area contributed by atoms with Crippen LogP contribution in [0, 0.1) is 11.3 Å². The summed E-state index contributed by atoms with van der Waals surface area (Å²) in [6.45, 7) is 0.275. The quantitative estimate of drug-likeness (QED) is 0.444. The molecule has 12 heteroatoms. The minimum atomic E-state index is -4.75. The van der Waals surface area contributed by atoms with Crippen molar-refractivity contribution in [1.29, 1.82) is 5.26 Å². The second kappa shape index (κ2) is 9.18. The molecule has 9 nitrogen and oxygen atoms in total. The lowest BCUT2D eigenvalue weighted by atomic mass is 10.1. The van der Waals surface area contributed by atoms with Crippen molar-refractivity contribution in [2.24, 2.45) is 0 Å². The molecule has 0 amide bonds. The smallest absolute Gasteiger partial charge is 0.382 e. The number of halogens is 3. The van der Waals surface area contributed by atoms with E-state index in [9.17, 15) is 23.2 Å². The number of rotatable bonds is 4. The Balaban J connectivity index is 1.82. The van der Waals surface area contributed by atoms with Gasteiger partial charge in [-0.15, -0.1) is 0 Å². The first kappa shape index (κ1) is 24.2. The number of nitrogens with zero attached hydrogens (tertiary/aromatic N) is 6. The van der Waals surface area contributed by atoms with Gasteiger partial charge in [0.2, 0.25) is 0 Å². The van der Waals surface area contributed by atoms with E-state index < -0.39 is 28.7 Å². The number of nitrogens with two attached hydrogens (primary N) is 1. The van der Waals surface area contributed by atoms with Crippen molar-refractivity contribution in [3.8, 4) is 11.8 Å². The second-order valence-electron chi connectivity index (χ2n) is 8.47. The van der Waals surface area contributed by atoms with Gasteiger partial charge in [-0.1, -0.05) is 24.3 Å². The van der Waals surface area contributed by atoms with Gasteiger partial charge in [-0.05, 0) is 24.3 Å². The number of nitrogen functional groups attached to an aromatic ring is 1. The molecule has 0 unspecified atom stereocenters. The van der Waals surface area contributed by atoms with Gasteiger partial charge in [-0.25, -0.2) is 15.0 Å². The molecule has 4 aromatic rings. The topological polar surface area (TPSA) is 123 Å². The van der Waals surface area contributed by atoms with Crippen molar-refractivity contribution in [3.63, 3.8) is 0 Å². The van der Waals surface area contributed by atoms with Gasteiger partial charge in [0.05, 0.1) is 34.3 Å². The lowest BCUT2D eigenvalue weighted by Gasteiger charge is -2.28. The fraction of sp³-hybridized carbons (Fsp3) is 0.240. The van der Waals surface area contributed by atoms with Crippen LogP contribution in [-0.2, 0) is 10.9 Å². The van der Waals surface area contributed by atoms with Crippen LogP contribution in [0.4, 0.5) is 24.8 Å². The van der Waals surface area contributed by atoms with Crippen LogP contribution < -0.4 is 16.2 Å². The van der Waals surface area contributed by atoms with Gasteiger partial charge in [0.25, 0.3) is 5.56 Å². The highest BCUT2D eigenvalue weighted by Gasteiger charge is 2.40. The number of aromatic nitrogens is 4. The summed E-state index contributed by atoms with van der Waals surface area (Å²) in [7, 11) is 1.53. The summed E-state index contributed by atoms with van der Waals surface area (Å²) >= 11 is 0. The maximum Gasteiger partial charge on any atom is 0.417 e. The molecule has 2 aromatic heterocycles. The highest BCUT2D eigenvalue weighted by atomic mass is 19.4. The molecule has 1 aliphatic rings. The molecule has 5 rings (SSSR count). The highest BCUT2D eigenvalue weighted by molar-refractivity contribution is 5.82. The van der Waals surface area contributed by atoms with E-state index in [1.807, 2.05) is 6.07 Å². The van der Waals surface area contributed by atoms with Crippen molar-refractivity contribution in [2.75, 3.05) is 24.3 Å². The number of hydrogen-bond donors (Lipinski definition) is 1. The SMILES string of the molecule is CO[C@H]1C[C@@H](c2nc3cccc(C(F)(F)F)c3c(=O)n2-c2ccccc2)N(c2ncnc(N)c2C#N)C1. The minimum absolute atomic E-state index is 0.0196. The number of para-hydroxylation sites is 1. The Kier molecular flexibility index (Phi) is 6.01. The Bertz CT molecular complexity index is 1580. The molecule has 1 fully saturated rings. The third kappa shape index (κ3) is 4.13. The normalized spacial score (nSPS) is 17.8. The van der Waals surface area contributed by atoms with Crippen molar-refractivity contribution in [3.05, 3.63) is 82.2 Å². The third-order valence-electron chi connectivity index (χ3n) is 6.38. The van der Waals surface area contributed by atoms with Crippen LogP contribution >= 0.6 is 0 Å². The summed E-state index contributed by atoms with van der Waals surface area (Å²) in [6, 6.07) is 13.1. The van der Waals surface area contributed by atoms with Crippen molar-refractivity contribution < 1.29 is 17.9 Å². The number of benzene rings is 2. The molecule has 0 aliphatic carbocycles. The Morgan fingerprint density at radius 1 is 1.14 bits per heavy atom. The molecule has 0 bridgehead atoms. The number of anilines is 2. The standard InChI is InChI=1S/C25H20F3N7O2/c1-37-15-10-19(34(12-15)22-16(11-29)21(30)31-13-32-22)23-33-18-9-5-8-17(25(26,27)28)20(18)24(36)35(23)14-6-3-2-4-7-14/h2-9,13,15,19H,10,12H2,1H3,(H2,30,31,32)/t15-,19-/m0/s1. The zero-order valence-electron chi connectivity index (χ0n) is 19.5. The Hall–Kier alpha value is -4.50. The van der Waals surface area contributed by atoms with Gasteiger partial charge in [0, 0.05) is 20.1 Å². The summed E-state index contributed by atoms with van der Waals surface area (Å²) in [6.07, 6.45) is -3.55. The zero-order valence-corrected chi connectivity index (χ0v) is 19.5. The Morgan fingerprint density at radius 2 is 1.89 bits per heavy atom. The van der Waals surface area contributed by atoms with Gasteiger partial charge in [0.1, 0.15) is 29.6 Å². The lowest BCUT2D eigenvalue weighted by Crippen LogP contribution is -2.33. The number of nitriles is 1. The van der Waals surface area contributed by atoms with E-state index in [2.05, 4.69) is 15.0 Å². The second-order valence-corrected chi connectivity index (χ2v) is 8.47. The Morgan fingerprint density at radius 3 is 2.57 bits per heavy atom. The van der Waals surface area contributed by atoms with Crippen LogP contribution in [0.5, 0.6) is 0 Å². The summed E-state index contributed by atoms with van der Waals surface area (Å²) in [5, 5.41) is 9.19. The van der Waals surface area contributed by atoms with Gasteiger partial charge in [0.15, 0.2) is 5.82 Å². The summed E-state index contributed by atoms with van der Waals surface area (Å²) in [5.74, 6) is 0.384. The molecule has 3 heterocycles. The highest BCUT2D eigenvalue weighted by Crippen LogP contribution is 2.39. The van der Waals surface area contributed by atoms with Gasteiger partial charge in [-0.3, -0.25) is 9.36 Å². The van der Waals surface area contributed by atoms with Crippen LogP contribution in [0.2, 0.25) is 0 Å². The average molecular weight is 507 g/mol. The number of hydrogen-bond acceptors (Lipinski definition) is 8. The number of alkyl halides is 3. The summed E-state index contributed by atoms with van der Waals surface area (Å²) in [5.41, 5.74) is 4.29. The van der Waals surface area contributed by atoms with E-state index in [4.69, 9.17) is 10.5 Å². The summed E-state index contributed by atoms with van der Waals surface area (Å²) in [4.78, 5) is 28.3. The molecule has 1 saturated heterocycles. The first-order valence-corrected chi connectivity index (χ1v) is 11.2. The van der Waals surface area contributed by atoms with E-state index in [1.165, 1.54) is 30.1 Å². The van der Waals surface area contributed by atoms with Crippen LogP contribution in [0.25, 0.3) is 16.6 Å². The van der Waals surface area contributed by atoms with Gasteiger partial charge >= 0.3 is 6.18 Å². The zero-order chi connectivity index (χ0) is 26.3. The van der Waals surface area contributed by atoms with Crippen molar-refractivity contribution in [2.45, 2.75) is 24.7 Å². The molecule has 2 aromatic carbocycles. The largest absolute Gasteiger partial charge is 0.417 e. The van der Waals surface area contributed by atoms with E-state index in [-0.39, 0.29) is 41.2 Å². The van der Waals surface area contributed by atoms with Crippen molar-refractivity contribution in [1.82, 2.24) is 19.5 Å². The molecular weight excluding hydrogens is 487 g/mol. The fourth-order valence-electron chi connectivity index (χ4n) is 4.70. The first-order chi connectivity index (χ1) is 17.7. The fourth-order valence-corrected chi connectivity index (χ4v) is 4.70. The molecule has 1 aliphatic heterocycles. The first-order valence-electron chi connectivity index (χ1n) is 11.2. The molecule has 0 saturated carbocycles. The predicted molar refractivity (Wildman–Crippen MR) is 129 cm³/mol. The number of methoxy groups -OCH3 is 1. The van der Waals surface area contributed by atoms with E-state index in [1.54, 1.807) is 35.2 Å². The summed E-state index contributed by atoms with van der Waals surface area (Å²) < 4.78 is 48.4. The molecule has 188 valence electrons. The van der Waals surface area contributed by atoms with Crippen LogP contribution in [0.1, 0.15) is 29.4 Å². The minimum Gasteiger partial charge on any atom is -0.382 e. The number of ether oxygens (including phenoxy) is 1. The van der Waals surface area contributed by atoms with Crippen LogP contribution in [0.15, 0.2) is 59.7 Å². The van der Waals surface area contributed by atoms with E-state index >= 15 is 0 Å². The van der Waals surface area contributed by atoms with Crippen LogP contribution in [-0.4, -0.2) is 39.3 Å². The van der Waals surface area contributed by atoms with Gasteiger partial charge < -0.3 is 15.4 Å². The Labute approximate surface area is 208 Å². The average Bonchev–Trinajstić information content (AvgIpc) is 3.32. The third-order valence-corrected chi connectivity index (χ3v) is 6.38. The van der Waals surface area contributed by atoms with Gasteiger partial charge in [-0.2, -0.15) is 18.4 Å². The maximum absolute atomic E-state index is 13.9. The molecule has 2 atom stereocenters. The predicted octanol–water partition coefficient (Wildman–Crippen LogP) is 3.61. The molecule has 37 heavy (non-hydrogen) atoms. The van der Waals surface area contributed by atoms with E-state index in [0.29, 0.717) is 12.1 Å². The van der Waals surface area contributed by atoms with E-state index in [0.717, 1.165) is 6.07 Å². The monoisotopic (exact) mass is 507 g/mol. The molecule has 0 spiro atoms.